The lowest BCUT2D eigenvalue weighted by Crippen LogP contribution is -2.25. The van der Waals surface area contributed by atoms with E-state index in [4.69, 9.17) is 0 Å². The van der Waals surface area contributed by atoms with Crippen molar-refractivity contribution < 1.29 is 8.42 Å². The number of sulfonamides is 1. The topological polar surface area (TPSA) is 86.9 Å². The molecule has 19 heavy (non-hydrogen) atoms. The van der Waals surface area contributed by atoms with Crippen LogP contribution in [-0.4, -0.2) is 25.2 Å². The number of nitrogens with zero attached hydrogens (tertiary/aromatic N) is 1. The van der Waals surface area contributed by atoms with Gasteiger partial charge in [0.15, 0.2) is 5.03 Å². The van der Waals surface area contributed by atoms with Gasteiger partial charge in [-0.05, 0) is 28.9 Å². The summed E-state index contributed by atoms with van der Waals surface area (Å²) in [5.41, 5.74) is 1.58. The van der Waals surface area contributed by atoms with Gasteiger partial charge in [0, 0.05) is 18.7 Å². The van der Waals surface area contributed by atoms with Crippen molar-refractivity contribution in [2.75, 3.05) is 6.54 Å². The molecule has 0 bridgehead atoms. The monoisotopic (exact) mass is 300 g/mol. The molecule has 0 unspecified atom stereocenters. The Morgan fingerprint density at radius 1 is 1.42 bits per heavy atom. The van der Waals surface area contributed by atoms with Crippen LogP contribution in [0.25, 0.3) is 0 Å². The molecule has 0 aromatic carbocycles. The number of aromatic amines is 1. The molecule has 8 heteroatoms. The van der Waals surface area contributed by atoms with Crippen molar-refractivity contribution in [1.29, 1.82) is 0 Å². The van der Waals surface area contributed by atoms with Gasteiger partial charge in [0.05, 0.1) is 6.20 Å². The molecule has 0 saturated carbocycles. The fourth-order valence-corrected chi connectivity index (χ4v) is 3.37. The van der Waals surface area contributed by atoms with Gasteiger partial charge in [-0.15, -0.1) is 0 Å². The second kappa shape index (κ2) is 6.29. The lowest BCUT2D eigenvalue weighted by Gasteiger charge is -2.06. The van der Waals surface area contributed by atoms with Crippen LogP contribution in [0.5, 0.6) is 0 Å². The first kappa shape index (κ1) is 14.2. The average molecular weight is 300 g/mol. The standard InChI is InChI=1S/C11H16N4O2S2/c1-2-12-6-10-7-13-15-11(10)19(16,17)14-5-9-3-4-18-8-9/h3-4,7-8,12,14H,2,5-6H2,1H3,(H,13,15). The number of H-pyrrole nitrogens is 1. The summed E-state index contributed by atoms with van der Waals surface area (Å²) in [6, 6.07) is 1.89. The molecule has 0 aliphatic rings. The highest BCUT2D eigenvalue weighted by atomic mass is 32.2. The molecular weight excluding hydrogens is 284 g/mol. The first-order valence-corrected chi connectivity index (χ1v) is 8.29. The Morgan fingerprint density at radius 2 is 2.26 bits per heavy atom. The maximum Gasteiger partial charge on any atom is 0.258 e. The Morgan fingerprint density at radius 3 is 2.95 bits per heavy atom. The molecule has 0 fully saturated rings. The normalized spacial score (nSPS) is 11.8. The molecule has 0 saturated heterocycles. The van der Waals surface area contributed by atoms with Crippen LogP contribution in [0.3, 0.4) is 0 Å². The van der Waals surface area contributed by atoms with E-state index in [9.17, 15) is 8.42 Å². The maximum absolute atomic E-state index is 12.2. The highest BCUT2D eigenvalue weighted by molar-refractivity contribution is 7.89. The van der Waals surface area contributed by atoms with Crippen LogP contribution in [-0.2, 0) is 23.1 Å². The molecular formula is C11H16N4O2S2. The van der Waals surface area contributed by atoms with E-state index >= 15 is 0 Å². The highest BCUT2D eigenvalue weighted by Crippen LogP contribution is 2.13. The Hall–Kier alpha value is -1.22. The van der Waals surface area contributed by atoms with Gasteiger partial charge in [-0.3, -0.25) is 5.10 Å². The predicted octanol–water partition coefficient (Wildman–Crippen LogP) is 1.06. The van der Waals surface area contributed by atoms with Crippen LogP contribution in [0.4, 0.5) is 0 Å². The summed E-state index contributed by atoms with van der Waals surface area (Å²) in [4.78, 5) is 0. The smallest absolute Gasteiger partial charge is 0.258 e. The van der Waals surface area contributed by atoms with Gasteiger partial charge in [-0.1, -0.05) is 6.92 Å². The van der Waals surface area contributed by atoms with E-state index in [2.05, 4.69) is 20.2 Å². The zero-order chi connectivity index (χ0) is 13.7. The SMILES string of the molecule is CCNCc1cn[nH]c1S(=O)(=O)NCc1ccsc1. The van der Waals surface area contributed by atoms with Crippen molar-refractivity contribution in [3.63, 3.8) is 0 Å². The van der Waals surface area contributed by atoms with Crippen LogP contribution >= 0.6 is 11.3 Å². The van der Waals surface area contributed by atoms with E-state index in [1.165, 1.54) is 17.5 Å². The number of thiophene rings is 1. The quantitative estimate of drug-likeness (QED) is 0.713. The average Bonchev–Trinajstić information content (AvgIpc) is 3.05. The Kier molecular flexibility index (Phi) is 4.70. The summed E-state index contributed by atoms with van der Waals surface area (Å²) in [5.74, 6) is 0. The molecule has 0 atom stereocenters. The van der Waals surface area contributed by atoms with Crippen molar-refractivity contribution in [1.82, 2.24) is 20.2 Å². The lowest BCUT2D eigenvalue weighted by atomic mass is 10.3. The fourth-order valence-electron chi connectivity index (χ4n) is 1.56. The van der Waals surface area contributed by atoms with Crippen molar-refractivity contribution in [3.8, 4) is 0 Å². The van der Waals surface area contributed by atoms with E-state index in [0.717, 1.165) is 12.1 Å². The minimum atomic E-state index is -3.56. The third-order valence-electron chi connectivity index (χ3n) is 2.56. The van der Waals surface area contributed by atoms with Gasteiger partial charge >= 0.3 is 0 Å². The van der Waals surface area contributed by atoms with Crippen LogP contribution in [0.2, 0.25) is 0 Å². The molecule has 2 aromatic heterocycles. The summed E-state index contributed by atoms with van der Waals surface area (Å²) in [6.45, 7) is 3.49. The van der Waals surface area contributed by atoms with Crippen LogP contribution in [0.15, 0.2) is 28.0 Å². The van der Waals surface area contributed by atoms with Gasteiger partial charge in [0.25, 0.3) is 10.0 Å². The van der Waals surface area contributed by atoms with Crippen LogP contribution in [0, 0.1) is 0 Å². The molecule has 2 rings (SSSR count). The predicted molar refractivity (Wildman–Crippen MR) is 74.3 cm³/mol. The maximum atomic E-state index is 12.2. The molecule has 0 aliphatic carbocycles. The minimum Gasteiger partial charge on any atom is -0.313 e. The molecule has 3 N–H and O–H groups in total. The molecule has 2 aromatic rings. The van der Waals surface area contributed by atoms with Gasteiger partial charge in [0.1, 0.15) is 0 Å². The van der Waals surface area contributed by atoms with E-state index in [0.29, 0.717) is 12.1 Å². The first-order valence-electron chi connectivity index (χ1n) is 5.87. The first-order chi connectivity index (χ1) is 9.13. The molecule has 6 nitrogen and oxygen atoms in total. The number of aromatic nitrogens is 2. The summed E-state index contributed by atoms with van der Waals surface area (Å²) in [5, 5.41) is 13.4. The molecule has 2 heterocycles. The van der Waals surface area contributed by atoms with E-state index in [-0.39, 0.29) is 11.6 Å². The Labute approximate surface area is 116 Å². The third kappa shape index (κ3) is 3.63. The Balaban J connectivity index is 2.08. The third-order valence-corrected chi connectivity index (χ3v) is 4.71. The lowest BCUT2D eigenvalue weighted by molar-refractivity contribution is 0.574. The zero-order valence-corrected chi connectivity index (χ0v) is 12.1. The molecule has 0 amide bonds. The second-order valence-electron chi connectivity index (χ2n) is 3.96. The van der Waals surface area contributed by atoms with E-state index in [1.807, 2.05) is 23.8 Å². The van der Waals surface area contributed by atoms with Crippen LogP contribution in [0.1, 0.15) is 18.1 Å². The summed E-state index contributed by atoms with van der Waals surface area (Å²) >= 11 is 1.54. The highest BCUT2D eigenvalue weighted by Gasteiger charge is 2.20. The van der Waals surface area contributed by atoms with Crippen molar-refractivity contribution in [3.05, 3.63) is 34.2 Å². The summed E-state index contributed by atoms with van der Waals surface area (Å²) in [7, 11) is -3.56. The molecule has 0 aliphatic heterocycles. The van der Waals surface area contributed by atoms with Crippen LogP contribution < -0.4 is 10.0 Å². The van der Waals surface area contributed by atoms with Gasteiger partial charge < -0.3 is 5.32 Å². The largest absolute Gasteiger partial charge is 0.313 e. The minimum absolute atomic E-state index is 0.128. The number of nitrogens with one attached hydrogen (secondary N) is 3. The Bertz CT molecular complexity index is 604. The molecule has 0 radical (unpaired) electrons. The number of hydrogen-bond acceptors (Lipinski definition) is 5. The van der Waals surface area contributed by atoms with E-state index < -0.39 is 10.0 Å². The van der Waals surface area contributed by atoms with Crippen molar-refractivity contribution in [2.24, 2.45) is 0 Å². The summed E-state index contributed by atoms with van der Waals surface area (Å²) in [6.07, 6.45) is 1.53. The number of hydrogen-bond donors (Lipinski definition) is 3. The molecule has 104 valence electrons. The van der Waals surface area contributed by atoms with Gasteiger partial charge in [-0.2, -0.15) is 16.4 Å². The van der Waals surface area contributed by atoms with Gasteiger partial charge in [0.2, 0.25) is 0 Å². The fraction of sp³-hybridized carbons (Fsp3) is 0.364. The number of rotatable bonds is 7. The second-order valence-corrected chi connectivity index (χ2v) is 6.44. The van der Waals surface area contributed by atoms with Crippen molar-refractivity contribution >= 4 is 21.4 Å². The van der Waals surface area contributed by atoms with Gasteiger partial charge in [-0.25, -0.2) is 13.1 Å². The van der Waals surface area contributed by atoms with E-state index in [1.54, 1.807) is 0 Å². The van der Waals surface area contributed by atoms with Crippen molar-refractivity contribution in [2.45, 2.75) is 25.0 Å². The zero-order valence-electron chi connectivity index (χ0n) is 10.5. The molecule has 0 spiro atoms. The summed E-state index contributed by atoms with van der Waals surface area (Å²) < 4.78 is 26.9.